The zero-order chi connectivity index (χ0) is 23.8. The van der Waals surface area contributed by atoms with Gasteiger partial charge in [-0.15, -0.1) is 0 Å². The lowest BCUT2D eigenvalue weighted by Crippen LogP contribution is -2.36. The van der Waals surface area contributed by atoms with Crippen LogP contribution in [0.3, 0.4) is 0 Å². The van der Waals surface area contributed by atoms with Gasteiger partial charge in [0, 0.05) is 56.1 Å². The summed E-state index contributed by atoms with van der Waals surface area (Å²) in [7, 11) is 0. The summed E-state index contributed by atoms with van der Waals surface area (Å²) >= 11 is 0. The van der Waals surface area contributed by atoms with Crippen molar-refractivity contribution >= 4 is 22.4 Å². The first kappa shape index (κ1) is 21.4. The normalized spacial score (nSPS) is 18.0. The first-order valence-electron chi connectivity index (χ1n) is 11.9. The second-order valence-corrected chi connectivity index (χ2v) is 9.16. The predicted octanol–water partition coefficient (Wildman–Crippen LogP) is 4.79. The number of carbonyl (C=O) groups excluding carboxylic acids is 1. The van der Waals surface area contributed by atoms with Gasteiger partial charge in [0.2, 0.25) is 5.69 Å². The third-order valence-electron chi connectivity index (χ3n) is 6.90. The van der Waals surface area contributed by atoms with Crippen LogP contribution >= 0.6 is 0 Å². The van der Waals surface area contributed by atoms with Gasteiger partial charge in [0.15, 0.2) is 0 Å². The van der Waals surface area contributed by atoms with E-state index in [0.717, 1.165) is 48.0 Å². The van der Waals surface area contributed by atoms with Gasteiger partial charge >= 0.3 is 0 Å². The Morgan fingerprint density at radius 3 is 3.00 bits per heavy atom. The SMILES string of the molecule is [C-]#[N+]c1ccc2cc1Oc1ccc3cccc(c3c1)C(=O)N1CC[C@@H](C1)NCCc1cncn1C2. The Hall–Kier alpha value is -4.15. The van der Waals surface area contributed by atoms with Crippen molar-refractivity contribution in [3.8, 4) is 11.5 Å². The minimum atomic E-state index is 0.0417. The molecule has 0 spiro atoms. The van der Waals surface area contributed by atoms with Crippen LogP contribution in [0.15, 0.2) is 67.1 Å². The number of amides is 1. The summed E-state index contributed by atoms with van der Waals surface area (Å²) in [5, 5.41) is 5.47. The summed E-state index contributed by atoms with van der Waals surface area (Å²) < 4.78 is 8.37. The van der Waals surface area contributed by atoms with E-state index in [-0.39, 0.29) is 11.9 Å². The molecular formula is C28H25N5O2. The molecule has 0 radical (unpaired) electrons. The maximum absolute atomic E-state index is 13.5. The molecule has 1 saturated heterocycles. The summed E-state index contributed by atoms with van der Waals surface area (Å²) in [4.78, 5) is 23.4. The summed E-state index contributed by atoms with van der Waals surface area (Å²) in [5.74, 6) is 1.15. The van der Waals surface area contributed by atoms with Gasteiger partial charge in [0.25, 0.3) is 5.91 Å². The lowest BCUT2D eigenvalue weighted by Gasteiger charge is -2.19. The highest BCUT2D eigenvalue weighted by molar-refractivity contribution is 6.07. The number of fused-ring (bicyclic) bond motifs is 6. The van der Waals surface area contributed by atoms with E-state index in [9.17, 15) is 4.79 Å². The molecule has 6 rings (SSSR count). The quantitative estimate of drug-likeness (QED) is 0.381. The van der Waals surface area contributed by atoms with Crippen LogP contribution in [0.1, 0.15) is 28.0 Å². The fraction of sp³-hybridized carbons (Fsp3) is 0.250. The van der Waals surface area contributed by atoms with Crippen molar-refractivity contribution in [3.05, 3.63) is 95.4 Å². The fourth-order valence-corrected chi connectivity index (χ4v) is 5.04. The Bertz CT molecular complexity index is 1470. The average Bonchev–Trinajstić information content (AvgIpc) is 3.53. The van der Waals surface area contributed by atoms with Gasteiger partial charge in [-0.05, 0) is 47.0 Å². The smallest absolute Gasteiger partial charge is 0.254 e. The van der Waals surface area contributed by atoms with E-state index < -0.39 is 0 Å². The molecule has 7 nitrogen and oxygen atoms in total. The Balaban J connectivity index is 1.45. The Kier molecular flexibility index (Phi) is 5.44. The molecule has 3 heterocycles. The topological polar surface area (TPSA) is 63.8 Å². The van der Waals surface area contributed by atoms with Crippen molar-refractivity contribution in [1.29, 1.82) is 0 Å². The molecule has 6 bridgehead atoms. The summed E-state index contributed by atoms with van der Waals surface area (Å²) in [6.45, 7) is 10.5. The molecule has 1 aromatic heterocycles. The molecule has 174 valence electrons. The van der Waals surface area contributed by atoms with Gasteiger partial charge in [-0.3, -0.25) is 4.79 Å². The van der Waals surface area contributed by atoms with Crippen LogP contribution in [0.25, 0.3) is 15.6 Å². The minimum Gasteiger partial charge on any atom is -0.468 e. The largest absolute Gasteiger partial charge is 0.468 e. The monoisotopic (exact) mass is 463 g/mol. The molecule has 1 N–H and O–H groups in total. The van der Waals surface area contributed by atoms with E-state index >= 15 is 0 Å². The minimum absolute atomic E-state index is 0.0417. The summed E-state index contributed by atoms with van der Waals surface area (Å²) in [5.41, 5.74) is 3.30. The van der Waals surface area contributed by atoms with Crippen LogP contribution in [-0.4, -0.2) is 46.0 Å². The lowest BCUT2D eigenvalue weighted by molar-refractivity contribution is 0.0791. The number of rotatable bonds is 0. The first-order chi connectivity index (χ1) is 17.2. The molecule has 35 heavy (non-hydrogen) atoms. The van der Waals surface area contributed by atoms with Crippen LogP contribution in [0.5, 0.6) is 11.5 Å². The van der Waals surface area contributed by atoms with E-state index in [1.165, 1.54) is 0 Å². The zero-order valence-corrected chi connectivity index (χ0v) is 19.3. The number of nitrogens with one attached hydrogen (secondary N) is 1. The first-order valence-corrected chi connectivity index (χ1v) is 11.9. The Labute approximate surface area is 203 Å². The maximum atomic E-state index is 13.5. The Morgan fingerprint density at radius 1 is 1.14 bits per heavy atom. The van der Waals surface area contributed by atoms with Crippen molar-refractivity contribution in [2.45, 2.75) is 25.4 Å². The summed E-state index contributed by atoms with van der Waals surface area (Å²) in [6, 6.07) is 17.6. The number of hydrogen-bond acceptors (Lipinski definition) is 4. The number of benzene rings is 3. The number of carbonyl (C=O) groups is 1. The van der Waals surface area contributed by atoms with E-state index in [0.29, 0.717) is 35.8 Å². The predicted molar refractivity (Wildman–Crippen MR) is 134 cm³/mol. The van der Waals surface area contributed by atoms with Crippen LogP contribution in [0.4, 0.5) is 5.69 Å². The van der Waals surface area contributed by atoms with Crippen LogP contribution in [-0.2, 0) is 13.0 Å². The van der Waals surface area contributed by atoms with Crippen molar-refractivity contribution in [2.24, 2.45) is 0 Å². The lowest BCUT2D eigenvalue weighted by atomic mass is 10.0. The van der Waals surface area contributed by atoms with Crippen molar-refractivity contribution in [1.82, 2.24) is 19.8 Å². The average molecular weight is 464 g/mol. The highest BCUT2D eigenvalue weighted by Crippen LogP contribution is 2.35. The number of imidazole rings is 1. The molecule has 1 atom stereocenters. The van der Waals surface area contributed by atoms with Crippen LogP contribution < -0.4 is 10.1 Å². The van der Waals surface area contributed by atoms with Gasteiger partial charge in [0.05, 0.1) is 12.9 Å². The second kappa shape index (κ2) is 8.90. The highest BCUT2D eigenvalue weighted by Gasteiger charge is 2.27. The molecule has 1 fully saturated rings. The number of nitrogens with zero attached hydrogens (tertiary/aromatic N) is 4. The zero-order valence-electron chi connectivity index (χ0n) is 19.3. The summed E-state index contributed by atoms with van der Waals surface area (Å²) in [6.07, 6.45) is 5.53. The van der Waals surface area contributed by atoms with Crippen LogP contribution in [0.2, 0.25) is 0 Å². The van der Waals surface area contributed by atoms with Crippen molar-refractivity contribution in [2.75, 3.05) is 19.6 Å². The van der Waals surface area contributed by atoms with E-state index in [1.807, 2.05) is 66.0 Å². The van der Waals surface area contributed by atoms with Crippen molar-refractivity contribution in [3.63, 3.8) is 0 Å². The maximum Gasteiger partial charge on any atom is 0.254 e. The third-order valence-corrected chi connectivity index (χ3v) is 6.90. The van der Waals surface area contributed by atoms with Crippen LogP contribution in [0, 0.1) is 6.57 Å². The molecule has 2 aliphatic rings. The van der Waals surface area contributed by atoms with E-state index in [4.69, 9.17) is 11.3 Å². The molecule has 4 aromatic rings. The van der Waals surface area contributed by atoms with Crippen molar-refractivity contribution < 1.29 is 9.53 Å². The third kappa shape index (κ3) is 4.13. The van der Waals surface area contributed by atoms with Gasteiger partial charge in [-0.1, -0.05) is 30.3 Å². The molecule has 2 aliphatic heterocycles. The molecule has 0 saturated carbocycles. The number of hydrogen-bond donors (Lipinski definition) is 1. The Morgan fingerprint density at radius 2 is 2.09 bits per heavy atom. The molecule has 1 amide bonds. The molecular weight excluding hydrogens is 438 g/mol. The second-order valence-electron chi connectivity index (χ2n) is 9.16. The van der Waals surface area contributed by atoms with Gasteiger partial charge in [-0.25, -0.2) is 9.83 Å². The van der Waals surface area contributed by atoms with Gasteiger partial charge in [-0.2, -0.15) is 0 Å². The molecule has 7 heteroatoms. The van der Waals surface area contributed by atoms with Gasteiger partial charge in [0.1, 0.15) is 11.5 Å². The number of ether oxygens (including phenoxy) is 1. The van der Waals surface area contributed by atoms with E-state index in [2.05, 4.69) is 19.7 Å². The number of aromatic nitrogens is 2. The molecule has 3 aromatic carbocycles. The molecule has 0 aliphatic carbocycles. The standard InChI is InChI=1S/C28H25N5O2/c1-29-26-8-5-19-13-27(26)35-23-7-6-20-3-2-4-24(25(20)14-23)28(34)32-12-10-21(17-32)31-11-9-22-15-30-18-33(22)16-19/h2-8,13-15,18,21,31H,9-12,16-17H2/t21-/m0/s1. The fourth-order valence-electron chi connectivity index (χ4n) is 5.04. The highest BCUT2D eigenvalue weighted by atomic mass is 16.5. The van der Waals surface area contributed by atoms with Gasteiger partial charge < -0.3 is 19.5 Å². The van der Waals surface area contributed by atoms with E-state index in [1.54, 1.807) is 6.07 Å². The molecule has 0 unspecified atom stereocenters.